The van der Waals surface area contributed by atoms with E-state index in [2.05, 4.69) is 9.97 Å². The first-order valence-electron chi connectivity index (χ1n) is 11.8. The second-order valence-corrected chi connectivity index (χ2v) is 11.3. The second-order valence-electron chi connectivity index (χ2n) is 11.3. The van der Waals surface area contributed by atoms with E-state index >= 15 is 0 Å². The third-order valence-corrected chi connectivity index (χ3v) is 5.43. The number of nitrogens with zero attached hydrogens (tertiary/aromatic N) is 4. The number of hydrogen-bond donors (Lipinski definition) is 1. The van der Waals surface area contributed by atoms with Crippen molar-refractivity contribution in [2.75, 3.05) is 11.5 Å². The van der Waals surface area contributed by atoms with Crippen molar-refractivity contribution in [3.63, 3.8) is 0 Å². The van der Waals surface area contributed by atoms with Crippen LogP contribution in [0.3, 0.4) is 0 Å². The Kier molecular flexibility index (Phi) is 6.53. The van der Waals surface area contributed by atoms with Gasteiger partial charge in [-0.25, -0.2) is 19.6 Å². The lowest BCUT2D eigenvalue weighted by atomic mass is 10.1. The largest absolute Gasteiger partial charge is 0.443 e. The van der Waals surface area contributed by atoms with E-state index in [1.54, 1.807) is 72.2 Å². The Morgan fingerprint density at radius 2 is 1.64 bits per heavy atom. The smallest absolute Gasteiger partial charge is 0.425 e. The summed E-state index contributed by atoms with van der Waals surface area (Å²) in [5, 5.41) is 10.2. The predicted molar refractivity (Wildman–Crippen MR) is 127 cm³/mol. The minimum absolute atomic E-state index is 0.000532. The number of carbonyl (C=O) groups is 2. The third kappa shape index (κ3) is 5.17. The molecule has 36 heavy (non-hydrogen) atoms. The normalized spacial score (nSPS) is 25.6. The van der Waals surface area contributed by atoms with Crippen molar-refractivity contribution in [2.24, 2.45) is 0 Å². The number of rotatable bonds is 3. The van der Waals surface area contributed by atoms with E-state index in [-0.39, 0.29) is 12.4 Å². The molecule has 0 aromatic carbocycles. The Morgan fingerprint density at radius 3 is 2.19 bits per heavy atom. The highest BCUT2D eigenvalue weighted by Gasteiger charge is 2.56. The number of anilines is 1. The first-order valence-corrected chi connectivity index (χ1v) is 11.8. The van der Waals surface area contributed by atoms with Gasteiger partial charge >= 0.3 is 12.2 Å². The quantitative estimate of drug-likeness (QED) is 0.659. The van der Waals surface area contributed by atoms with Crippen molar-refractivity contribution >= 4 is 29.0 Å². The first kappa shape index (κ1) is 26.3. The number of aliphatic hydroxyl groups excluding tert-OH is 1. The van der Waals surface area contributed by atoms with Crippen LogP contribution in [0.25, 0.3) is 11.0 Å². The van der Waals surface area contributed by atoms with Gasteiger partial charge in [-0.3, -0.25) is 0 Å². The molecule has 4 heterocycles. The van der Waals surface area contributed by atoms with E-state index in [0.717, 1.165) is 4.90 Å². The molecule has 2 aliphatic heterocycles. The Morgan fingerprint density at radius 1 is 1.06 bits per heavy atom. The van der Waals surface area contributed by atoms with Gasteiger partial charge in [0, 0.05) is 6.20 Å². The fourth-order valence-corrected chi connectivity index (χ4v) is 4.23. The van der Waals surface area contributed by atoms with Crippen LogP contribution in [0.1, 0.15) is 61.6 Å². The van der Waals surface area contributed by atoms with E-state index < -0.39 is 53.7 Å². The maximum Gasteiger partial charge on any atom is 0.425 e. The summed E-state index contributed by atoms with van der Waals surface area (Å²) in [6.45, 7) is 13.5. The molecule has 0 radical (unpaired) electrons. The number of aliphatic hydroxyl groups is 1. The Labute approximate surface area is 209 Å². The van der Waals surface area contributed by atoms with Gasteiger partial charge in [0.15, 0.2) is 17.8 Å². The minimum atomic E-state index is -0.934. The number of imide groups is 1. The van der Waals surface area contributed by atoms with E-state index in [9.17, 15) is 14.7 Å². The molecule has 4 rings (SSSR count). The van der Waals surface area contributed by atoms with Crippen LogP contribution in [-0.2, 0) is 23.7 Å². The molecule has 2 aromatic heterocycles. The predicted octanol–water partition coefficient (Wildman–Crippen LogP) is 3.52. The van der Waals surface area contributed by atoms with Crippen molar-refractivity contribution < 1.29 is 38.4 Å². The Balaban J connectivity index is 1.76. The Bertz CT molecular complexity index is 1120. The van der Waals surface area contributed by atoms with Gasteiger partial charge in [0.1, 0.15) is 41.5 Å². The molecule has 2 fully saturated rings. The molecule has 0 unspecified atom stereocenters. The van der Waals surface area contributed by atoms with E-state index in [4.69, 9.17) is 23.7 Å². The summed E-state index contributed by atoms with van der Waals surface area (Å²) >= 11 is 0. The molecule has 0 spiro atoms. The molecule has 2 amide bonds. The van der Waals surface area contributed by atoms with Crippen LogP contribution in [0, 0.1) is 0 Å². The Hall–Kier alpha value is -2.80. The van der Waals surface area contributed by atoms with Crippen LogP contribution in [0.4, 0.5) is 15.4 Å². The lowest BCUT2D eigenvalue weighted by Crippen LogP contribution is -2.44. The summed E-state index contributed by atoms with van der Waals surface area (Å²) in [5.41, 5.74) is -1.35. The first-order chi connectivity index (χ1) is 16.6. The molecule has 0 bridgehead atoms. The van der Waals surface area contributed by atoms with E-state index in [1.165, 1.54) is 6.33 Å². The lowest BCUT2D eigenvalue weighted by molar-refractivity contribution is -0.199. The van der Waals surface area contributed by atoms with Gasteiger partial charge < -0.3 is 33.4 Å². The van der Waals surface area contributed by atoms with Gasteiger partial charge in [-0.15, -0.1) is 0 Å². The summed E-state index contributed by atoms with van der Waals surface area (Å²) in [4.78, 5) is 35.7. The maximum atomic E-state index is 13.1. The van der Waals surface area contributed by atoms with Crippen molar-refractivity contribution in [3.05, 3.63) is 18.6 Å². The standard InChI is InChI=1S/C24H34N4O8/c1-22(2,3)35-20(30)28(21(31)36-23(4,5)6)18-13-9-10-27(17(13)25-12-26-18)19-16-15(14(11-29)32-19)33-24(7,8)34-16/h9-10,12,14-16,19,29H,11H2,1-8H3/t14-,15-,16-,19-/m1/s1. The SMILES string of the molecule is CC(C)(C)OC(=O)N(C(=O)OC(C)(C)C)c1ncnc2c1ccn2[C@@H]1O[C@H](CO)[C@H]2OC(C)(C)O[C@H]21. The van der Waals surface area contributed by atoms with Crippen LogP contribution in [-0.4, -0.2) is 73.7 Å². The average Bonchev–Trinajstić information content (AvgIpc) is 3.36. The summed E-state index contributed by atoms with van der Waals surface area (Å²) in [6.07, 6.45) is -1.20. The molecule has 2 aromatic rings. The summed E-state index contributed by atoms with van der Waals surface area (Å²) in [6, 6.07) is 1.66. The van der Waals surface area contributed by atoms with Crippen molar-refractivity contribution in [1.82, 2.24) is 14.5 Å². The van der Waals surface area contributed by atoms with Crippen LogP contribution < -0.4 is 4.90 Å². The lowest BCUT2D eigenvalue weighted by Gasteiger charge is -2.28. The molecule has 0 aliphatic carbocycles. The molecule has 12 heteroatoms. The summed E-state index contributed by atoms with van der Waals surface area (Å²) in [7, 11) is 0. The number of amides is 2. The molecular weight excluding hydrogens is 472 g/mol. The fourth-order valence-electron chi connectivity index (χ4n) is 4.23. The maximum absolute atomic E-state index is 13.1. The summed E-state index contributed by atoms with van der Waals surface area (Å²) < 4.78 is 30.8. The third-order valence-electron chi connectivity index (χ3n) is 5.43. The van der Waals surface area contributed by atoms with Crippen LogP contribution in [0.15, 0.2) is 18.6 Å². The van der Waals surface area contributed by atoms with Gasteiger partial charge in [-0.2, -0.15) is 4.90 Å². The molecule has 198 valence electrons. The fraction of sp³-hybridized carbons (Fsp3) is 0.667. The van der Waals surface area contributed by atoms with Crippen molar-refractivity contribution in [1.29, 1.82) is 0 Å². The number of carbonyl (C=O) groups excluding carboxylic acids is 2. The second kappa shape index (κ2) is 8.94. The van der Waals surface area contributed by atoms with Gasteiger partial charge in [0.25, 0.3) is 0 Å². The zero-order chi connectivity index (χ0) is 26.6. The van der Waals surface area contributed by atoms with Crippen molar-refractivity contribution in [3.8, 4) is 0 Å². The highest BCUT2D eigenvalue weighted by Crippen LogP contribution is 2.44. The van der Waals surface area contributed by atoms with Crippen LogP contribution in [0.5, 0.6) is 0 Å². The molecule has 0 saturated carbocycles. The number of hydrogen-bond acceptors (Lipinski definition) is 10. The van der Waals surface area contributed by atoms with Gasteiger partial charge in [0.05, 0.1) is 12.0 Å². The molecule has 12 nitrogen and oxygen atoms in total. The number of fused-ring (bicyclic) bond motifs is 2. The minimum Gasteiger partial charge on any atom is -0.443 e. The monoisotopic (exact) mass is 506 g/mol. The zero-order valence-electron chi connectivity index (χ0n) is 21.8. The van der Waals surface area contributed by atoms with Crippen LogP contribution >= 0.6 is 0 Å². The molecular formula is C24H34N4O8. The van der Waals surface area contributed by atoms with E-state index in [1.807, 2.05) is 0 Å². The summed E-state index contributed by atoms with van der Waals surface area (Å²) in [5.74, 6) is -0.850. The zero-order valence-corrected chi connectivity index (χ0v) is 21.8. The molecule has 2 saturated heterocycles. The van der Waals surface area contributed by atoms with Crippen LogP contribution in [0.2, 0.25) is 0 Å². The van der Waals surface area contributed by atoms with Gasteiger partial charge in [-0.1, -0.05) is 0 Å². The number of ether oxygens (including phenoxy) is 5. The molecule has 2 aliphatic rings. The molecule has 1 N–H and O–H groups in total. The average molecular weight is 507 g/mol. The number of aromatic nitrogens is 3. The highest BCUT2D eigenvalue weighted by molar-refractivity contribution is 6.13. The highest BCUT2D eigenvalue weighted by atomic mass is 16.8. The van der Waals surface area contributed by atoms with E-state index in [0.29, 0.717) is 11.0 Å². The molecule has 4 atom stereocenters. The van der Waals surface area contributed by atoms with Gasteiger partial charge in [-0.05, 0) is 61.5 Å². The topological polar surface area (TPSA) is 134 Å². The van der Waals surface area contributed by atoms with Gasteiger partial charge in [0.2, 0.25) is 0 Å². The van der Waals surface area contributed by atoms with Crippen molar-refractivity contribution in [2.45, 2.75) is 96.9 Å².